The van der Waals surface area contributed by atoms with Gasteiger partial charge >= 0.3 is 5.97 Å². The molecule has 0 radical (unpaired) electrons. The smallest absolute Gasteiger partial charge is 0.320 e. The Morgan fingerprint density at radius 1 is 1.21 bits per heavy atom. The van der Waals surface area contributed by atoms with Crippen LogP contribution in [-0.4, -0.2) is 62.2 Å². The quantitative estimate of drug-likeness (QED) is 0.877. The minimum Gasteiger partial charge on any atom is -0.480 e. The third kappa shape index (κ3) is 3.67. The highest BCUT2D eigenvalue weighted by molar-refractivity contribution is 5.74. The van der Waals surface area contributed by atoms with Crippen molar-refractivity contribution in [1.82, 2.24) is 19.6 Å². The summed E-state index contributed by atoms with van der Waals surface area (Å²) in [5.74, 6) is -0.658. The van der Waals surface area contributed by atoms with Crippen molar-refractivity contribution in [1.29, 1.82) is 0 Å². The fourth-order valence-corrected chi connectivity index (χ4v) is 4.61. The second-order valence-electron chi connectivity index (χ2n) is 8.10. The van der Waals surface area contributed by atoms with E-state index in [0.29, 0.717) is 13.0 Å². The van der Waals surface area contributed by atoms with Crippen molar-refractivity contribution >= 4 is 11.9 Å². The summed E-state index contributed by atoms with van der Waals surface area (Å²) in [4.78, 5) is 27.4. The van der Waals surface area contributed by atoms with Gasteiger partial charge < -0.3 is 10.0 Å². The molecule has 1 spiro atoms. The van der Waals surface area contributed by atoms with Gasteiger partial charge in [-0.25, -0.2) is 4.68 Å². The van der Waals surface area contributed by atoms with E-state index in [4.69, 9.17) is 0 Å². The molecule has 2 aliphatic heterocycles. The SMILES string of the molecule is CC(=O)N1CCC2(CC1)C[C@@H](C(=O)O)N(Cc1cnn(-c3ccccc3)c1)C2. The molecule has 148 valence electrons. The summed E-state index contributed by atoms with van der Waals surface area (Å²) in [5.41, 5.74) is 1.98. The summed E-state index contributed by atoms with van der Waals surface area (Å²) in [7, 11) is 0. The summed E-state index contributed by atoms with van der Waals surface area (Å²) in [5, 5.41) is 14.2. The number of para-hydroxylation sites is 1. The first-order valence-corrected chi connectivity index (χ1v) is 9.77. The third-order valence-electron chi connectivity index (χ3n) is 6.20. The molecule has 1 aromatic heterocycles. The predicted octanol–water partition coefficient (Wildman–Crippen LogP) is 2.16. The van der Waals surface area contributed by atoms with Gasteiger partial charge in [0.1, 0.15) is 6.04 Å². The molecule has 28 heavy (non-hydrogen) atoms. The molecule has 4 rings (SSSR count). The molecule has 2 aromatic rings. The molecule has 3 heterocycles. The lowest BCUT2D eigenvalue weighted by Crippen LogP contribution is -2.43. The maximum absolute atomic E-state index is 11.9. The number of amides is 1. The first-order chi connectivity index (χ1) is 13.5. The van der Waals surface area contributed by atoms with Crippen LogP contribution in [0.3, 0.4) is 0 Å². The standard InChI is InChI=1S/C21H26N4O3/c1-16(26)23-9-7-21(8-10-23)11-19(20(27)28)24(15-21)13-17-12-22-25(14-17)18-5-3-2-4-6-18/h2-6,12,14,19H,7-11,13,15H2,1H3,(H,27,28)/t19-/m0/s1. The summed E-state index contributed by atoms with van der Waals surface area (Å²) < 4.78 is 1.82. The number of carbonyl (C=O) groups excluding carboxylic acids is 1. The molecular formula is C21H26N4O3. The molecule has 7 nitrogen and oxygen atoms in total. The Hall–Kier alpha value is -2.67. The van der Waals surface area contributed by atoms with E-state index in [0.717, 1.165) is 43.7 Å². The van der Waals surface area contributed by atoms with Crippen LogP contribution in [0.4, 0.5) is 0 Å². The highest BCUT2D eigenvalue weighted by Gasteiger charge is 2.48. The Labute approximate surface area is 164 Å². The van der Waals surface area contributed by atoms with Gasteiger partial charge in [0.05, 0.1) is 11.9 Å². The lowest BCUT2D eigenvalue weighted by molar-refractivity contribution is -0.142. The topological polar surface area (TPSA) is 78.7 Å². The highest BCUT2D eigenvalue weighted by atomic mass is 16.4. The Balaban J connectivity index is 1.47. The molecule has 0 unspecified atom stereocenters. The summed E-state index contributed by atoms with van der Waals surface area (Å²) in [6.07, 6.45) is 6.18. The van der Waals surface area contributed by atoms with Gasteiger partial charge in [-0.05, 0) is 36.8 Å². The number of carboxylic acids is 1. The molecule has 0 saturated carbocycles. The second-order valence-corrected chi connectivity index (χ2v) is 8.10. The maximum Gasteiger partial charge on any atom is 0.320 e. The molecule has 7 heteroatoms. The van der Waals surface area contributed by atoms with E-state index in [1.807, 2.05) is 52.3 Å². The zero-order chi connectivity index (χ0) is 19.7. The fraction of sp³-hybridized carbons (Fsp3) is 0.476. The highest BCUT2D eigenvalue weighted by Crippen LogP contribution is 2.44. The van der Waals surface area contributed by atoms with Gasteiger partial charge in [-0.15, -0.1) is 0 Å². The molecule has 1 amide bonds. The van der Waals surface area contributed by atoms with Gasteiger partial charge in [0.2, 0.25) is 5.91 Å². The van der Waals surface area contributed by atoms with Gasteiger partial charge in [-0.3, -0.25) is 14.5 Å². The predicted molar refractivity (Wildman–Crippen MR) is 104 cm³/mol. The Morgan fingerprint density at radius 3 is 2.57 bits per heavy atom. The number of aliphatic carboxylic acids is 1. The van der Waals surface area contributed by atoms with Crippen molar-refractivity contribution in [3.8, 4) is 5.69 Å². The van der Waals surface area contributed by atoms with Crippen molar-refractivity contribution in [3.05, 3.63) is 48.3 Å². The lowest BCUT2D eigenvalue weighted by atomic mass is 9.76. The van der Waals surface area contributed by atoms with Crippen molar-refractivity contribution in [2.45, 2.75) is 38.8 Å². The summed E-state index contributed by atoms with van der Waals surface area (Å²) in [6.45, 7) is 4.38. The number of rotatable bonds is 4. The average Bonchev–Trinajstić information content (AvgIpc) is 3.28. The van der Waals surface area contributed by atoms with Crippen LogP contribution in [0.5, 0.6) is 0 Å². The number of nitrogens with zero attached hydrogens (tertiary/aromatic N) is 4. The van der Waals surface area contributed by atoms with Crippen LogP contribution in [0, 0.1) is 5.41 Å². The minimum atomic E-state index is -0.763. The second kappa shape index (κ2) is 7.39. The molecule has 0 aliphatic carbocycles. The van der Waals surface area contributed by atoms with Gasteiger partial charge in [-0.2, -0.15) is 5.10 Å². The Bertz CT molecular complexity index is 856. The molecule has 1 N–H and O–H groups in total. The van der Waals surface area contributed by atoms with Crippen molar-refractivity contribution < 1.29 is 14.7 Å². The monoisotopic (exact) mass is 382 g/mol. The number of carbonyl (C=O) groups is 2. The first-order valence-electron chi connectivity index (χ1n) is 9.77. The lowest BCUT2D eigenvalue weighted by Gasteiger charge is -2.39. The van der Waals surface area contributed by atoms with Gasteiger partial charge in [0.25, 0.3) is 0 Å². The van der Waals surface area contributed by atoms with E-state index < -0.39 is 12.0 Å². The molecule has 2 saturated heterocycles. The third-order valence-corrected chi connectivity index (χ3v) is 6.20. The van der Waals surface area contributed by atoms with Gasteiger partial charge in [-0.1, -0.05) is 18.2 Å². The number of hydrogen-bond donors (Lipinski definition) is 1. The van der Waals surface area contributed by atoms with E-state index in [-0.39, 0.29) is 11.3 Å². The Morgan fingerprint density at radius 2 is 1.93 bits per heavy atom. The van der Waals surface area contributed by atoms with E-state index >= 15 is 0 Å². The Kier molecular flexibility index (Phi) is 4.93. The molecule has 1 atom stereocenters. The van der Waals surface area contributed by atoms with Crippen molar-refractivity contribution in [2.24, 2.45) is 5.41 Å². The van der Waals surface area contributed by atoms with E-state index in [2.05, 4.69) is 10.00 Å². The molecule has 1 aromatic carbocycles. The number of carboxylic acid groups (broad SMARTS) is 1. The molecular weight excluding hydrogens is 356 g/mol. The van der Waals surface area contributed by atoms with Gasteiger partial charge in [0.15, 0.2) is 0 Å². The van der Waals surface area contributed by atoms with Crippen LogP contribution in [-0.2, 0) is 16.1 Å². The zero-order valence-electron chi connectivity index (χ0n) is 16.1. The van der Waals surface area contributed by atoms with Crippen LogP contribution in [0.1, 0.15) is 31.7 Å². The maximum atomic E-state index is 11.9. The van der Waals surface area contributed by atoms with Crippen LogP contribution in [0.25, 0.3) is 5.69 Å². The van der Waals surface area contributed by atoms with Crippen LogP contribution < -0.4 is 0 Å². The van der Waals surface area contributed by atoms with Crippen LogP contribution >= 0.6 is 0 Å². The number of aromatic nitrogens is 2. The minimum absolute atomic E-state index is 0.00949. The number of benzene rings is 1. The number of likely N-dealkylation sites (tertiary alicyclic amines) is 2. The van der Waals surface area contributed by atoms with E-state index in [9.17, 15) is 14.7 Å². The van der Waals surface area contributed by atoms with E-state index in [1.54, 1.807) is 6.92 Å². The average molecular weight is 382 g/mol. The molecule has 2 aliphatic rings. The summed E-state index contributed by atoms with van der Waals surface area (Å²) >= 11 is 0. The summed E-state index contributed by atoms with van der Waals surface area (Å²) in [6, 6.07) is 9.40. The van der Waals surface area contributed by atoms with E-state index in [1.165, 1.54) is 0 Å². The zero-order valence-corrected chi connectivity index (χ0v) is 16.1. The first kappa shape index (κ1) is 18.7. The normalized spacial score (nSPS) is 21.9. The van der Waals surface area contributed by atoms with Crippen LogP contribution in [0.15, 0.2) is 42.7 Å². The molecule has 2 fully saturated rings. The number of piperidine rings is 1. The van der Waals surface area contributed by atoms with Crippen molar-refractivity contribution in [3.63, 3.8) is 0 Å². The fourth-order valence-electron chi connectivity index (χ4n) is 4.61. The largest absolute Gasteiger partial charge is 0.480 e. The van der Waals surface area contributed by atoms with Crippen LogP contribution in [0.2, 0.25) is 0 Å². The molecule has 0 bridgehead atoms. The van der Waals surface area contributed by atoms with Gasteiger partial charge in [0, 0.05) is 44.9 Å². The number of hydrogen-bond acceptors (Lipinski definition) is 4. The van der Waals surface area contributed by atoms with Crippen molar-refractivity contribution in [2.75, 3.05) is 19.6 Å².